The van der Waals surface area contributed by atoms with Gasteiger partial charge in [-0.25, -0.2) is 4.98 Å². The number of nitrogens with zero attached hydrogens (tertiary/aromatic N) is 1. The molecule has 1 aliphatic rings. The van der Waals surface area contributed by atoms with Crippen molar-refractivity contribution in [3.63, 3.8) is 0 Å². The number of rotatable bonds is 2. The predicted molar refractivity (Wildman–Crippen MR) is 80.2 cm³/mol. The van der Waals surface area contributed by atoms with Gasteiger partial charge in [0.2, 0.25) is 0 Å². The molecule has 1 fully saturated rings. The summed E-state index contributed by atoms with van der Waals surface area (Å²) in [5.41, 5.74) is 2.57. The van der Waals surface area contributed by atoms with Crippen molar-refractivity contribution >= 4 is 34.1 Å². The SMILES string of the molecule is S=C(Nc1ccc2ocnc2c1)NC1CCCCC1. The van der Waals surface area contributed by atoms with E-state index in [0.29, 0.717) is 11.2 Å². The van der Waals surface area contributed by atoms with Crippen LogP contribution < -0.4 is 10.6 Å². The molecule has 0 radical (unpaired) electrons. The molecule has 1 aliphatic carbocycles. The van der Waals surface area contributed by atoms with E-state index in [9.17, 15) is 0 Å². The highest BCUT2D eigenvalue weighted by Crippen LogP contribution is 2.19. The average molecular weight is 275 g/mol. The summed E-state index contributed by atoms with van der Waals surface area (Å²) in [6, 6.07) is 6.30. The fraction of sp³-hybridized carbons (Fsp3) is 0.429. The van der Waals surface area contributed by atoms with Crippen LogP contribution in [0.2, 0.25) is 0 Å². The summed E-state index contributed by atoms with van der Waals surface area (Å²) in [5, 5.41) is 7.29. The third-order valence-electron chi connectivity index (χ3n) is 3.53. The van der Waals surface area contributed by atoms with Crippen molar-refractivity contribution in [2.45, 2.75) is 38.1 Å². The van der Waals surface area contributed by atoms with Gasteiger partial charge in [-0.1, -0.05) is 19.3 Å². The van der Waals surface area contributed by atoms with Crippen LogP contribution in [0, 0.1) is 0 Å². The van der Waals surface area contributed by atoms with E-state index in [4.69, 9.17) is 16.6 Å². The average Bonchev–Trinajstić information content (AvgIpc) is 2.87. The maximum atomic E-state index is 5.35. The van der Waals surface area contributed by atoms with E-state index in [0.717, 1.165) is 16.8 Å². The molecule has 5 heteroatoms. The van der Waals surface area contributed by atoms with E-state index >= 15 is 0 Å². The molecule has 1 saturated carbocycles. The number of nitrogens with one attached hydrogen (secondary N) is 2. The van der Waals surface area contributed by atoms with Gasteiger partial charge in [-0.2, -0.15) is 0 Å². The Morgan fingerprint density at radius 2 is 2.11 bits per heavy atom. The second-order valence-corrected chi connectivity index (χ2v) is 5.38. The Kier molecular flexibility index (Phi) is 3.64. The van der Waals surface area contributed by atoms with Crippen LogP contribution in [-0.2, 0) is 0 Å². The van der Waals surface area contributed by atoms with Crippen LogP contribution in [0.3, 0.4) is 0 Å². The summed E-state index contributed by atoms with van der Waals surface area (Å²) in [6.07, 6.45) is 7.82. The number of thiocarbonyl (C=S) groups is 1. The molecule has 3 rings (SSSR count). The van der Waals surface area contributed by atoms with Crippen LogP contribution in [0.4, 0.5) is 5.69 Å². The number of fused-ring (bicyclic) bond motifs is 1. The Hall–Kier alpha value is -1.62. The first-order chi connectivity index (χ1) is 9.31. The normalized spacial score (nSPS) is 16.4. The molecular weight excluding hydrogens is 258 g/mol. The number of hydrogen-bond acceptors (Lipinski definition) is 3. The third kappa shape index (κ3) is 3.04. The quantitative estimate of drug-likeness (QED) is 0.822. The van der Waals surface area contributed by atoms with Crippen LogP contribution in [-0.4, -0.2) is 16.1 Å². The molecule has 0 bridgehead atoms. The molecular formula is C14H17N3OS. The van der Waals surface area contributed by atoms with Crippen LogP contribution in [0.5, 0.6) is 0 Å². The van der Waals surface area contributed by atoms with Crippen molar-refractivity contribution < 1.29 is 4.42 Å². The topological polar surface area (TPSA) is 50.1 Å². The Labute approximate surface area is 117 Å². The smallest absolute Gasteiger partial charge is 0.181 e. The van der Waals surface area contributed by atoms with Crippen LogP contribution in [0.1, 0.15) is 32.1 Å². The van der Waals surface area contributed by atoms with Crippen LogP contribution in [0.15, 0.2) is 29.0 Å². The first-order valence-electron chi connectivity index (χ1n) is 6.72. The maximum absolute atomic E-state index is 5.35. The fourth-order valence-corrected chi connectivity index (χ4v) is 2.82. The van der Waals surface area contributed by atoms with Crippen molar-refractivity contribution in [1.82, 2.24) is 10.3 Å². The zero-order chi connectivity index (χ0) is 13.1. The summed E-state index contributed by atoms with van der Waals surface area (Å²) in [4.78, 5) is 4.13. The van der Waals surface area contributed by atoms with E-state index in [1.54, 1.807) is 0 Å². The Morgan fingerprint density at radius 1 is 1.26 bits per heavy atom. The van der Waals surface area contributed by atoms with Gasteiger partial charge in [0.05, 0.1) is 0 Å². The highest BCUT2D eigenvalue weighted by Gasteiger charge is 2.14. The largest absolute Gasteiger partial charge is 0.443 e. The number of hydrogen-bond donors (Lipinski definition) is 2. The van der Waals surface area contributed by atoms with Gasteiger partial charge in [-0.05, 0) is 43.3 Å². The minimum Gasteiger partial charge on any atom is -0.443 e. The predicted octanol–water partition coefficient (Wildman–Crippen LogP) is 3.45. The molecule has 1 aromatic carbocycles. The first kappa shape index (κ1) is 12.4. The van der Waals surface area contributed by atoms with E-state index < -0.39 is 0 Å². The van der Waals surface area contributed by atoms with Crippen molar-refractivity contribution in [3.8, 4) is 0 Å². The van der Waals surface area contributed by atoms with Gasteiger partial charge in [-0.3, -0.25) is 0 Å². The number of aromatic nitrogens is 1. The zero-order valence-electron chi connectivity index (χ0n) is 10.7. The summed E-state index contributed by atoms with van der Waals surface area (Å²) >= 11 is 5.35. The lowest BCUT2D eigenvalue weighted by Gasteiger charge is -2.24. The first-order valence-corrected chi connectivity index (χ1v) is 7.13. The number of benzene rings is 1. The minimum absolute atomic E-state index is 0.518. The summed E-state index contributed by atoms with van der Waals surface area (Å²) < 4.78 is 5.21. The highest BCUT2D eigenvalue weighted by atomic mass is 32.1. The van der Waals surface area contributed by atoms with Crippen molar-refractivity contribution in [3.05, 3.63) is 24.6 Å². The minimum atomic E-state index is 0.518. The van der Waals surface area contributed by atoms with Gasteiger partial charge in [-0.15, -0.1) is 0 Å². The number of oxazole rings is 1. The lowest BCUT2D eigenvalue weighted by Crippen LogP contribution is -2.38. The van der Waals surface area contributed by atoms with Gasteiger partial charge >= 0.3 is 0 Å². The molecule has 0 saturated heterocycles. The van der Waals surface area contributed by atoms with Crippen molar-refractivity contribution in [2.75, 3.05) is 5.32 Å². The maximum Gasteiger partial charge on any atom is 0.181 e. The van der Waals surface area contributed by atoms with Gasteiger partial charge in [0, 0.05) is 11.7 Å². The molecule has 0 amide bonds. The molecule has 2 N–H and O–H groups in total. The van der Waals surface area contributed by atoms with E-state index in [1.165, 1.54) is 38.5 Å². The van der Waals surface area contributed by atoms with Gasteiger partial charge < -0.3 is 15.1 Å². The molecule has 0 atom stereocenters. The fourth-order valence-electron chi connectivity index (χ4n) is 2.54. The molecule has 1 heterocycles. The second-order valence-electron chi connectivity index (χ2n) is 4.97. The zero-order valence-corrected chi connectivity index (χ0v) is 11.5. The highest BCUT2D eigenvalue weighted by molar-refractivity contribution is 7.80. The summed E-state index contributed by atoms with van der Waals surface area (Å²) in [5.74, 6) is 0. The molecule has 19 heavy (non-hydrogen) atoms. The van der Waals surface area contributed by atoms with E-state index in [-0.39, 0.29) is 0 Å². The van der Waals surface area contributed by atoms with Gasteiger partial charge in [0.15, 0.2) is 17.1 Å². The van der Waals surface area contributed by atoms with Crippen LogP contribution >= 0.6 is 12.2 Å². The van der Waals surface area contributed by atoms with Gasteiger partial charge in [0.1, 0.15) is 5.52 Å². The van der Waals surface area contributed by atoms with E-state index in [2.05, 4.69) is 15.6 Å². The van der Waals surface area contributed by atoms with Crippen molar-refractivity contribution in [2.24, 2.45) is 0 Å². The molecule has 0 aliphatic heterocycles. The standard InChI is InChI=1S/C14H17N3OS/c19-14(16-10-4-2-1-3-5-10)17-11-6-7-13-12(8-11)15-9-18-13/h6-10H,1-5H2,(H2,16,17,19). The van der Waals surface area contributed by atoms with Crippen molar-refractivity contribution in [1.29, 1.82) is 0 Å². The third-order valence-corrected chi connectivity index (χ3v) is 3.75. The monoisotopic (exact) mass is 275 g/mol. The van der Waals surface area contributed by atoms with Gasteiger partial charge in [0.25, 0.3) is 0 Å². The summed E-state index contributed by atoms with van der Waals surface area (Å²) in [6.45, 7) is 0. The molecule has 100 valence electrons. The molecule has 1 aromatic heterocycles. The lowest BCUT2D eigenvalue weighted by atomic mass is 9.96. The molecule has 0 spiro atoms. The van der Waals surface area contributed by atoms with E-state index in [1.807, 2.05) is 18.2 Å². The molecule has 4 nitrogen and oxygen atoms in total. The second kappa shape index (κ2) is 5.57. The lowest BCUT2D eigenvalue weighted by molar-refractivity contribution is 0.415. The summed E-state index contributed by atoms with van der Waals surface area (Å²) in [7, 11) is 0. The Morgan fingerprint density at radius 3 is 2.95 bits per heavy atom. The van der Waals surface area contributed by atoms with Crippen LogP contribution in [0.25, 0.3) is 11.1 Å². The molecule has 0 unspecified atom stereocenters. The Balaban J connectivity index is 1.61. The molecule has 2 aromatic rings. The number of anilines is 1. The Bertz CT molecular complexity index is 575.